The van der Waals surface area contributed by atoms with E-state index in [0.29, 0.717) is 47.0 Å². The highest BCUT2D eigenvalue weighted by Gasteiger charge is 2.44. The molecule has 1 aliphatic carbocycles. The van der Waals surface area contributed by atoms with Gasteiger partial charge < -0.3 is 28.5 Å². The van der Waals surface area contributed by atoms with Crippen LogP contribution in [0.15, 0.2) is 38.7 Å². The molecule has 2 heterocycles. The molecule has 32 heavy (non-hydrogen) atoms. The minimum atomic E-state index is -0.731. The predicted octanol–water partition coefficient (Wildman–Crippen LogP) is 3.33. The molecule has 1 aromatic carbocycles. The molecule has 0 fully saturated rings. The number of hydrogen-bond donors (Lipinski definition) is 1. The van der Waals surface area contributed by atoms with Crippen molar-refractivity contribution in [3.63, 3.8) is 0 Å². The zero-order valence-corrected chi connectivity index (χ0v) is 18.7. The highest BCUT2D eigenvalue weighted by Crippen LogP contribution is 2.51. The Balaban J connectivity index is 2.03. The second-order valence-corrected chi connectivity index (χ2v) is 8.70. The third kappa shape index (κ3) is 3.54. The Morgan fingerprint density at radius 2 is 1.69 bits per heavy atom. The summed E-state index contributed by atoms with van der Waals surface area (Å²) in [6.07, 6.45) is 0.824. The Morgan fingerprint density at radius 3 is 2.25 bits per heavy atom. The highest BCUT2D eigenvalue weighted by atomic mass is 16.5. The van der Waals surface area contributed by atoms with Crippen molar-refractivity contribution in [3.8, 4) is 23.0 Å². The molecule has 0 spiro atoms. The van der Waals surface area contributed by atoms with E-state index in [1.165, 1.54) is 27.4 Å². The Hall–Kier alpha value is -3.26. The standard InChI is InChI=1S/C24H26O8/c1-24(2)9-15(27)20-18(10-24)32-21-14(26)8-13(11-25)31-23(21)19(20)12-6-16(28-3)22(30-5)17(7-12)29-4/h6-8,19,25H,9-11H2,1-5H3. The van der Waals surface area contributed by atoms with Gasteiger partial charge in [-0.25, -0.2) is 0 Å². The fraction of sp³-hybridized carbons (Fsp3) is 0.417. The smallest absolute Gasteiger partial charge is 0.228 e. The van der Waals surface area contributed by atoms with Gasteiger partial charge in [-0.05, 0) is 23.1 Å². The van der Waals surface area contributed by atoms with Crippen LogP contribution in [0.4, 0.5) is 0 Å². The van der Waals surface area contributed by atoms with Crippen molar-refractivity contribution in [2.24, 2.45) is 5.41 Å². The number of benzene rings is 1. The van der Waals surface area contributed by atoms with Crippen LogP contribution in [0.5, 0.6) is 23.0 Å². The van der Waals surface area contributed by atoms with Crippen LogP contribution in [0.1, 0.15) is 49.7 Å². The topological polar surface area (TPSA) is 104 Å². The lowest BCUT2D eigenvalue weighted by Crippen LogP contribution is -2.34. The normalized spacial score (nSPS) is 19.1. The molecule has 0 saturated heterocycles. The van der Waals surface area contributed by atoms with Crippen molar-refractivity contribution in [2.75, 3.05) is 21.3 Å². The van der Waals surface area contributed by atoms with Crippen LogP contribution in [-0.4, -0.2) is 32.2 Å². The van der Waals surface area contributed by atoms with E-state index in [9.17, 15) is 14.7 Å². The number of hydrogen-bond acceptors (Lipinski definition) is 8. The monoisotopic (exact) mass is 442 g/mol. The molecule has 0 amide bonds. The average molecular weight is 442 g/mol. The third-order valence-corrected chi connectivity index (χ3v) is 5.81. The Labute approximate surface area is 185 Å². The van der Waals surface area contributed by atoms with Gasteiger partial charge in [-0.15, -0.1) is 0 Å². The molecule has 2 aromatic rings. The zero-order chi connectivity index (χ0) is 23.2. The fourth-order valence-electron chi connectivity index (χ4n) is 4.45. The van der Waals surface area contributed by atoms with Crippen molar-refractivity contribution in [3.05, 3.63) is 56.8 Å². The van der Waals surface area contributed by atoms with E-state index in [2.05, 4.69) is 0 Å². The molecule has 1 aliphatic heterocycles. The van der Waals surface area contributed by atoms with Crippen molar-refractivity contribution in [1.82, 2.24) is 0 Å². The Bertz CT molecular complexity index is 1150. The molecule has 1 N–H and O–H groups in total. The number of Topliss-reactive ketones (excluding diaryl/α,β-unsaturated/α-hetero) is 1. The largest absolute Gasteiger partial charge is 0.493 e. The van der Waals surface area contributed by atoms with Gasteiger partial charge >= 0.3 is 0 Å². The number of aliphatic hydroxyl groups excluding tert-OH is 1. The predicted molar refractivity (Wildman–Crippen MR) is 115 cm³/mol. The van der Waals surface area contributed by atoms with Crippen molar-refractivity contribution in [1.29, 1.82) is 0 Å². The lowest BCUT2D eigenvalue weighted by Gasteiger charge is -2.37. The minimum Gasteiger partial charge on any atom is -0.493 e. The molecule has 170 valence electrons. The second-order valence-electron chi connectivity index (χ2n) is 8.70. The van der Waals surface area contributed by atoms with Crippen molar-refractivity contribution in [2.45, 2.75) is 39.2 Å². The molecule has 1 aromatic heterocycles. The molecular weight excluding hydrogens is 416 g/mol. The maximum atomic E-state index is 13.3. The molecule has 8 heteroatoms. The summed E-state index contributed by atoms with van der Waals surface area (Å²) in [5.74, 6) is 1.13. The van der Waals surface area contributed by atoms with E-state index < -0.39 is 18.0 Å². The number of allylic oxidation sites excluding steroid dienone is 2. The first-order valence-corrected chi connectivity index (χ1v) is 10.2. The van der Waals surface area contributed by atoms with Gasteiger partial charge in [0.05, 0.1) is 27.2 Å². The van der Waals surface area contributed by atoms with Crippen LogP contribution in [0, 0.1) is 5.41 Å². The number of carbonyl (C=O) groups is 1. The molecule has 4 rings (SSSR count). The number of carbonyl (C=O) groups excluding carboxylic acids is 1. The molecule has 1 unspecified atom stereocenters. The van der Waals surface area contributed by atoms with Gasteiger partial charge in [0.15, 0.2) is 23.0 Å². The van der Waals surface area contributed by atoms with Crippen molar-refractivity contribution >= 4 is 5.78 Å². The van der Waals surface area contributed by atoms with E-state index in [1.54, 1.807) is 12.1 Å². The summed E-state index contributed by atoms with van der Waals surface area (Å²) in [6.45, 7) is 3.51. The number of rotatable bonds is 5. The molecule has 1 atom stereocenters. The van der Waals surface area contributed by atoms with Crippen LogP contribution >= 0.6 is 0 Å². The van der Waals surface area contributed by atoms with Gasteiger partial charge in [0.25, 0.3) is 0 Å². The molecule has 0 radical (unpaired) electrons. The minimum absolute atomic E-state index is 0.0187. The molecule has 8 nitrogen and oxygen atoms in total. The summed E-state index contributed by atoms with van der Waals surface area (Å²) < 4.78 is 28.2. The van der Waals surface area contributed by atoms with E-state index >= 15 is 0 Å². The maximum Gasteiger partial charge on any atom is 0.228 e. The van der Waals surface area contributed by atoms with Gasteiger partial charge in [-0.1, -0.05) is 13.8 Å². The Kier molecular flexibility index (Phi) is 5.50. The van der Waals surface area contributed by atoms with E-state index in [4.69, 9.17) is 23.4 Å². The van der Waals surface area contributed by atoms with Crippen LogP contribution < -0.4 is 24.4 Å². The average Bonchev–Trinajstić information content (AvgIpc) is 2.76. The van der Waals surface area contributed by atoms with Gasteiger partial charge in [-0.2, -0.15) is 0 Å². The highest BCUT2D eigenvalue weighted by molar-refractivity contribution is 6.00. The van der Waals surface area contributed by atoms with Gasteiger partial charge in [0, 0.05) is 24.5 Å². The molecular formula is C24H26O8. The number of aliphatic hydroxyl groups is 1. The number of methoxy groups -OCH3 is 3. The number of ether oxygens (including phenoxy) is 4. The SMILES string of the molecule is COc1cc(C2C3=C(CC(C)(C)CC3=O)Oc3c2oc(CO)cc3=O)cc(OC)c1OC. The summed E-state index contributed by atoms with van der Waals surface area (Å²) in [7, 11) is 4.51. The lowest BCUT2D eigenvalue weighted by atomic mass is 9.71. The van der Waals surface area contributed by atoms with Gasteiger partial charge in [0.1, 0.15) is 18.1 Å². The van der Waals surface area contributed by atoms with Crippen molar-refractivity contribution < 1.29 is 33.3 Å². The third-order valence-electron chi connectivity index (χ3n) is 5.81. The van der Waals surface area contributed by atoms with Gasteiger partial charge in [0.2, 0.25) is 16.9 Å². The summed E-state index contributed by atoms with van der Waals surface area (Å²) in [4.78, 5) is 26.1. The van der Waals surface area contributed by atoms with E-state index in [1.807, 2.05) is 13.8 Å². The van der Waals surface area contributed by atoms with Gasteiger partial charge in [-0.3, -0.25) is 9.59 Å². The van der Waals surface area contributed by atoms with E-state index in [-0.39, 0.29) is 28.5 Å². The van der Waals surface area contributed by atoms with Crippen LogP contribution in [0.3, 0.4) is 0 Å². The fourth-order valence-corrected chi connectivity index (χ4v) is 4.45. The van der Waals surface area contributed by atoms with Crippen LogP contribution in [-0.2, 0) is 11.4 Å². The maximum absolute atomic E-state index is 13.3. The lowest BCUT2D eigenvalue weighted by molar-refractivity contribution is -0.118. The number of ketones is 1. The molecule has 0 saturated carbocycles. The molecule has 2 aliphatic rings. The van der Waals surface area contributed by atoms with Crippen LogP contribution in [0.2, 0.25) is 0 Å². The van der Waals surface area contributed by atoms with Crippen LogP contribution in [0.25, 0.3) is 0 Å². The first kappa shape index (κ1) is 22.0. The second kappa shape index (κ2) is 8.02. The quantitative estimate of drug-likeness (QED) is 0.752. The zero-order valence-electron chi connectivity index (χ0n) is 18.7. The summed E-state index contributed by atoms with van der Waals surface area (Å²) in [5, 5.41) is 9.60. The first-order valence-electron chi connectivity index (χ1n) is 10.2. The summed E-state index contributed by atoms with van der Waals surface area (Å²) in [6, 6.07) is 4.65. The van der Waals surface area contributed by atoms with E-state index in [0.717, 1.165) is 0 Å². The summed E-state index contributed by atoms with van der Waals surface area (Å²) in [5.41, 5.74) is 0.320. The number of fused-ring (bicyclic) bond motifs is 1. The Morgan fingerprint density at radius 1 is 1.03 bits per heavy atom. The molecule has 0 bridgehead atoms. The first-order chi connectivity index (χ1) is 15.2. The summed E-state index contributed by atoms with van der Waals surface area (Å²) >= 11 is 0.